The van der Waals surface area contributed by atoms with E-state index in [1.807, 2.05) is 6.92 Å². The van der Waals surface area contributed by atoms with E-state index in [-0.39, 0.29) is 36.1 Å². The Balaban J connectivity index is 0.00000338. The molecule has 7 nitrogen and oxygen atoms in total. The zero-order chi connectivity index (χ0) is 18.2. The zero-order valence-corrected chi connectivity index (χ0v) is 19.1. The Kier molecular flexibility index (Phi) is 10.2. The number of thiazole rings is 1. The summed E-state index contributed by atoms with van der Waals surface area (Å²) in [6.45, 7) is 7.73. The van der Waals surface area contributed by atoms with Crippen LogP contribution in [0.4, 0.5) is 4.79 Å². The van der Waals surface area contributed by atoms with Crippen LogP contribution < -0.4 is 16.0 Å². The summed E-state index contributed by atoms with van der Waals surface area (Å²) < 4.78 is 4.98. The van der Waals surface area contributed by atoms with Crippen LogP contribution >= 0.6 is 35.3 Å². The molecule has 2 rings (SSSR count). The second-order valence-corrected chi connectivity index (χ2v) is 7.48. The number of amides is 1. The van der Waals surface area contributed by atoms with Crippen molar-refractivity contribution in [3.8, 4) is 0 Å². The van der Waals surface area contributed by atoms with Crippen molar-refractivity contribution in [3.63, 3.8) is 0 Å². The first kappa shape index (κ1) is 22.9. The molecule has 9 heteroatoms. The van der Waals surface area contributed by atoms with Gasteiger partial charge in [-0.3, -0.25) is 4.99 Å². The number of aryl methyl sites for hydroxylation is 2. The van der Waals surface area contributed by atoms with Gasteiger partial charge in [-0.15, -0.1) is 35.3 Å². The highest BCUT2D eigenvalue weighted by Gasteiger charge is 2.32. The molecule has 3 N–H and O–H groups in total. The van der Waals surface area contributed by atoms with Crippen LogP contribution in [-0.4, -0.2) is 49.8 Å². The lowest BCUT2D eigenvalue weighted by Crippen LogP contribution is -2.48. The topological polar surface area (TPSA) is 87.6 Å². The molecule has 0 spiro atoms. The fraction of sp³-hybridized carbons (Fsp3) is 0.706. The van der Waals surface area contributed by atoms with Gasteiger partial charge in [0.05, 0.1) is 23.4 Å². The van der Waals surface area contributed by atoms with Crippen molar-refractivity contribution in [2.45, 2.75) is 46.1 Å². The lowest BCUT2D eigenvalue weighted by atomic mass is 10.2. The van der Waals surface area contributed by atoms with Crippen LogP contribution in [-0.2, 0) is 11.2 Å². The summed E-state index contributed by atoms with van der Waals surface area (Å²) in [5.74, 6) is 1.26. The first-order valence-electron chi connectivity index (χ1n) is 8.84. The molecule has 1 saturated carbocycles. The molecule has 0 bridgehead atoms. The first-order chi connectivity index (χ1) is 12.0. The van der Waals surface area contributed by atoms with Crippen molar-refractivity contribution >= 4 is 47.4 Å². The largest absolute Gasteiger partial charge is 0.450 e. The Morgan fingerprint density at radius 3 is 2.65 bits per heavy atom. The Bertz CT molecular complexity index is 584. The van der Waals surface area contributed by atoms with Gasteiger partial charge in [0.1, 0.15) is 0 Å². The van der Waals surface area contributed by atoms with Crippen molar-refractivity contribution in [2.24, 2.45) is 10.9 Å². The van der Waals surface area contributed by atoms with Gasteiger partial charge in [0, 0.05) is 31.4 Å². The Morgan fingerprint density at radius 1 is 1.38 bits per heavy atom. The van der Waals surface area contributed by atoms with Gasteiger partial charge in [-0.25, -0.2) is 9.78 Å². The summed E-state index contributed by atoms with van der Waals surface area (Å²) in [4.78, 5) is 21.7. The van der Waals surface area contributed by atoms with Crippen LogP contribution in [0.2, 0.25) is 0 Å². The van der Waals surface area contributed by atoms with E-state index in [0.29, 0.717) is 19.1 Å². The third kappa shape index (κ3) is 7.65. The number of hydrogen-bond donors (Lipinski definition) is 3. The number of ether oxygens (including phenoxy) is 1. The van der Waals surface area contributed by atoms with Crippen molar-refractivity contribution in [1.29, 1.82) is 0 Å². The molecule has 26 heavy (non-hydrogen) atoms. The second-order valence-electron chi connectivity index (χ2n) is 6.19. The summed E-state index contributed by atoms with van der Waals surface area (Å²) in [6.07, 6.45) is 2.81. The maximum atomic E-state index is 11.6. The summed E-state index contributed by atoms with van der Waals surface area (Å²) in [5.41, 5.74) is 1.11. The molecule has 0 saturated heterocycles. The highest BCUT2D eigenvalue weighted by molar-refractivity contribution is 14.0. The van der Waals surface area contributed by atoms with Crippen LogP contribution in [0, 0.1) is 19.8 Å². The van der Waals surface area contributed by atoms with E-state index in [4.69, 9.17) is 4.74 Å². The lowest BCUT2D eigenvalue weighted by Gasteiger charge is -2.20. The molecule has 1 heterocycles. The van der Waals surface area contributed by atoms with Gasteiger partial charge in [-0.1, -0.05) is 0 Å². The van der Waals surface area contributed by atoms with Gasteiger partial charge in [0.25, 0.3) is 0 Å². The molecule has 1 fully saturated rings. The molecule has 1 aromatic heterocycles. The van der Waals surface area contributed by atoms with E-state index in [0.717, 1.165) is 42.5 Å². The third-order valence-corrected chi connectivity index (χ3v) is 5.32. The van der Waals surface area contributed by atoms with Crippen molar-refractivity contribution in [3.05, 3.63) is 15.6 Å². The van der Waals surface area contributed by atoms with Crippen LogP contribution in [0.15, 0.2) is 4.99 Å². The van der Waals surface area contributed by atoms with E-state index in [2.05, 4.69) is 32.9 Å². The van der Waals surface area contributed by atoms with Crippen LogP contribution in [0.1, 0.15) is 35.3 Å². The first-order valence-corrected chi connectivity index (χ1v) is 9.65. The third-order valence-electron chi connectivity index (χ3n) is 4.19. The molecule has 0 radical (unpaired) electrons. The number of carbonyl (C=O) groups excluding carboxylic acids is 1. The highest BCUT2D eigenvalue weighted by Crippen LogP contribution is 2.32. The summed E-state index contributed by atoms with van der Waals surface area (Å²) in [6, 6.07) is 0.0712. The van der Waals surface area contributed by atoms with Crippen LogP contribution in [0.3, 0.4) is 0 Å². The SMILES string of the molecule is CCOC(=O)NC(CNC(=NC)NCCc1nc(C)c(C)s1)C1CC1.I. The predicted molar refractivity (Wildman–Crippen MR) is 117 cm³/mol. The fourth-order valence-electron chi connectivity index (χ4n) is 2.52. The fourth-order valence-corrected chi connectivity index (χ4v) is 3.45. The Hall–Kier alpha value is -1.10. The van der Waals surface area contributed by atoms with E-state index in [1.165, 1.54) is 4.88 Å². The van der Waals surface area contributed by atoms with Crippen LogP contribution in [0.25, 0.3) is 0 Å². The molecule has 1 amide bonds. The maximum Gasteiger partial charge on any atom is 0.407 e. The number of aromatic nitrogens is 1. The number of aliphatic imine (C=N–C) groups is 1. The quantitative estimate of drug-likeness (QED) is 0.293. The van der Waals surface area contributed by atoms with Crippen LogP contribution in [0.5, 0.6) is 0 Å². The van der Waals surface area contributed by atoms with E-state index < -0.39 is 0 Å². The molecule has 148 valence electrons. The molecule has 1 unspecified atom stereocenters. The molecule has 0 aliphatic heterocycles. The second kappa shape index (κ2) is 11.6. The van der Waals surface area contributed by atoms with Gasteiger partial charge in [-0.2, -0.15) is 0 Å². The van der Waals surface area contributed by atoms with Gasteiger partial charge < -0.3 is 20.7 Å². The van der Waals surface area contributed by atoms with E-state index in [9.17, 15) is 4.79 Å². The van der Waals surface area contributed by atoms with Crippen molar-refractivity contribution < 1.29 is 9.53 Å². The number of nitrogens with zero attached hydrogens (tertiary/aromatic N) is 2. The summed E-state index contributed by atoms with van der Waals surface area (Å²) in [7, 11) is 1.75. The normalized spacial score (nSPS) is 15.0. The minimum Gasteiger partial charge on any atom is -0.450 e. The maximum absolute atomic E-state index is 11.6. The molecule has 1 aliphatic carbocycles. The molecule has 1 aromatic rings. The smallest absolute Gasteiger partial charge is 0.407 e. The van der Waals surface area contributed by atoms with Gasteiger partial charge in [0.2, 0.25) is 0 Å². The molecular weight excluding hydrogens is 465 g/mol. The van der Waals surface area contributed by atoms with Crippen molar-refractivity contribution in [1.82, 2.24) is 20.9 Å². The average molecular weight is 495 g/mol. The van der Waals surface area contributed by atoms with Gasteiger partial charge in [-0.05, 0) is 39.5 Å². The number of hydrogen-bond acceptors (Lipinski definition) is 5. The minimum absolute atomic E-state index is 0. The predicted octanol–water partition coefficient (Wildman–Crippen LogP) is 2.61. The van der Waals surface area contributed by atoms with E-state index >= 15 is 0 Å². The Labute approximate surface area is 176 Å². The monoisotopic (exact) mass is 495 g/mol. The number of carbonyl (C=O) groups is 1. The number of nitrogens with one attached hydrogen (secondary N) is 3. The molecule has 1 atom stereocenters. The molecular formula is C17H30IN5O2S. The minimum atomic E-state index is -0.348. The zero-order valence-electron chi connectivity index (χ0n) is 15.9. The summed E-state index contributed by atoms with van der Waals surface area (Å²) >= 11 is 1.74. The highest BCUT2D eigenvalue weighted by atomic mass is 127. The molecule has 0 aromatic carbocycles. The lowest BCUT2D eigenvalue weighted by molar-refractivity contribution is 0.146. The number of halogens is 1. The number of guanidine groups is 1. The van der Waals surface area contributed by atoms with Gasteiger partial charge >= 0.3 is 6.09 Å². The standard InChI is InChI=1S/C17H29N5O2S.HI/c1-5-24-17(23)22-14(13-6-7-13)10-20-16(18-4)19-9-8-15-21-11(2)12(3)25-15;/h13-14H,5-10H2,1-4H3,(H,22,23)(H2,18,19,20);1H. The van der Waals surface area contributed by atoms with Crippen molar-refractivity contribution in [2.75, 3.05) is 26.7 Å². The summed E-state index contributed by atoms with van der Waals surface area (Å²) in [5, 5.41) is 10.7. The van der Waals surface area contributed by atoms with E-state index in [1.54, 1.807) is 25.3 Å². The number of rotatable bonds is 8. The average Bonchev–Trinajstić information content (AvgIpc) is 3.36. The Morgan fingerprint density at radius 2 is 2.12 bits per heavy atom. The number of alkyl carbamates (subject to hydrolysis) is 1. The van der Waals surface area contributed by atoms with Gasteiger partial charge in [0.15, 0.2) is 5.96 Å². The molecule has 1 aliphatic rings.